The number of anilines is 1. The molecular formula is C9H12ClN3O2S. The summed E-state index contributed by atoms with van der Waals surface area (Å²) >= 11 is 5.98. The Morgan fingerprint density at radius 2 is 2.00 bits per heavy atom. The molecule has 0 radical (unpaired) electrons. The summed E-state index contributed by atoms with van der Waals surface area (Å²) < 4.78 is 22.6. The van der Waals surface area contributed by atoms with E-state index in [9.17, 15) is 8.42 Å². The van der Waals surface area contributed by atoms with Gasteiger partial charge in [0.1, 0.15) is 10.8 Å². The number of rotatable bonds is 1. The predicted octanol–water partition coefficient (Wildman–Crippen LogP) is 0.673. The summed E-state index contributed by atoms with van der Waals surface area (Å²) in [6.07, 6.45) is 1.54. The molecule has 1 fully saturated rings. The third-order valence-corrected chi connectivity index (χ3v) is 4.37. The van der Waals surface area contributed by atoms with Crippen LogP contribution in [0.4, 0.5) is 5.82 Å². The van der Waals surface area contributed by atoms with Crippen LogP contribution in [0.15, 0.2) is 6.20 Å². The molecule has 2 heterocycles. The van der Waals surface area contributed by atoms with Crippen molar-refractivity contribution in [2.24, 2.45) is 0 Å². The van der Waals surface area contributed by atoms with Crippen LogP contribution in [0.3, 0.4) is 0 Å². The van der Waals surface area contributed by atoms with Gasteiger partial charge < -0.3 is 4.90 Å². The van der Waals surface area contributed by atoms with Crippen LogP contribution in [-0.4, -0.2) is 43.0 Å². The molecule has 0 aliphatic carbocycles. The summed E-state index contributed by atoms with van der Waals surface area (Å²) in [5, 5.41) is 0.463. The second-order valence-electron chi connectivity index (χ2n) is 3.73. The van der Waals surface area contributed by atoms with E-state index < -0.39 is 9.84 Å². The van der Waals surface area contributed by atoms with Crippen molar-refractivity contribution < 1.29 is 8.42 Å². The van der Waals surface area contributed by atoms with Gasteiger partial charge in [-0.3, -0.25) is 0 Å². The lowest BCUT2D eigenvalue weighted by atomic mass is 10.4. The lowest BCUT2D eigenvalue weighted by Crippen LogP contribution is -2.40. The fraction of sp³-hybridized carbons (Fsp3) is 0.556. The Hall–Kier alpha value is -0.880. The second-order valence-corrected chi connectivity index (χ2v) is 6.44. The smallest absolute Gasteiger partial charge is 0.153 e. The molecule has 0 saturated carbocycles. The first-order valence-corrected chi connectivity index (χ1v) is 7.12. The molecule has 0 unspecified atom stereocenters. The van der Waals surface area contributed by atoms with Gasteiger partial charge in [-0.05, 0) is 6.92 Å². The molecule has 1 aromatic rings. The van der Waals surface area contributed by atoms with Crippen LogP contribution < -0.4 is 4.90 Å². The Labute approximate surface area is 99.4 Å². The van der Waals surface area contributed by atoms with Gasteiger partial charge in [0, 0.05) is 13.1 Å². The summed E-state index contributed by atoms with van der Waals surface area (Å²) in [6, 6.07) is 0. The number of hydrogen-bond acceptors (Lipinski definition) is 5. The number of hydrogen-bond donors (Lipinski definition) is 0. The molecular weight excluding hydrogens is 250 g/mol. The zero-order valence-corrected chi connectivity index (χ0v) is 10.4. The number of aryl methyl sites for hydroxylation is 1. The van der Waals surface area contributed by atoms with Gasteiger partial charge >= 0.3 is 0 Å². The number of nitrogens with zero attached hydrogens (tertiary/aromatic N) is 3. The Bertz CT molecular complexity index is 489. The molecule has 2 rings (SSSR count). The summed E-state index contributed by atoms with van der Waals surface area (Å²) in [7, 11) is -2.87. The summed E-state index contributed by atoms with van der Waals surface area (Å²) in [6.45, 7) is 2.66. The minimum absolute atomic E-state index is 0.159. The van der Waals surface area contributed by atoms with Crippen molar-refractivity contribution in [1.29, 1.82) is 0 Å². The van der Waals surface area contributed by atoms with Crippen molar-refractivity contribution in [2.45, 2.75) is 6.92 Å². The number of sulfone groups is 1. The largest absolute Gasteiger partial charge is 0.353 e. The van der Waals surface area contributed by atoms with Crippen LogP contribution in [0.5, 0.6) is 0 Å². The Balaban J connectivity index is 2.23. The van der Waals surface area contributed by atoms with Crippen LogP contribution in [0.1, 0.15) is 5.82 Å². The van der Waals surface area contributed by atoms with Gasteiger partial charge in [0.05, 0.1) is 17.7 Å². The monoisotopic (exact) mass is 261 g/mol. The Morgan fingerprint density at radius 1 is 1.38 bits per heavy atom. The average molecular weight is 262 g/mol. The molecule has 5 nitrogen and oxygen atoms in total. The Morgan fingerprint density at radius 3 is 2.62 bits per heavy atom. The fourth-order valence-corrected chi connectivity index (χ4v) is 3.00. The topological polar surface area (TPSA) is 63.2 Å². The molecule has 0 bridgehead atoms. The lowest BCUT2D eigenvalue weighted by molar-refractivity contribution is 0.586. The van der Waals surface area contributed by atoms with Crippen LogP contribution >= 0.6 is 11.6 Å². The number of halogens is 1. The SMILES string of the molecule is Cc1ncc(Cl)c(N2CCS(=O)(=O)CC2)n1. The Kier molecular flexibility index (Phi) is 3.03. The lowest BCUT2D eigenvalue weighted by Gasteiger charge is -2.28. The van der Waals surface area contributed by atoms with Crippen LogP contribution in [-0.2, 0) is 9.84 Å². The van der Waals surface area contributed by atoms with Crippen LogP contribution in [0.25, 0.3) is 0 Å². The van der Waals surface area contributed by atoms with Crippen molar-refractivity contribution in [3.05, 3.63) is 17.0 Å². The normalized spacial score (nSPS) is 19.8. The van der Waals surface area contributed by atoms with Crippen molar-refractivity contribution >= 4 is 27.3 Å². The number of aromatic nitrogens is 2. The standard InChI is InChI=1S/C9H12ClN3O2S/c1-7-11-6-8(10)9(12-7)13-2-4-16(14,15)5-3-13/h6H,2-5H2,1H3. The highest BCUT2D eigenvalue weighted by Crippen LogP contribution is 2.23. The molecule has 1 aromatic heterocycles. The van der Waals surface area contributed by atoms with Gasteiger partial charge in [-0.25, -0.2) is 18.4 Å². The zero-order chi connectivity index (χ0) is 11.8. The first kappa shape index (κ1) is 11.6. The van der Waals surface area contributed by atoms with Crippen molar-refractivity contribution in [2.75, 3.05) is 29.5 Å². The van der Waals surface area contributed by atoms with E-state index in [1.165, 1.54) is 0 Å². The van der Waals surface area contributed by atoms with Gasteiger partial charge in [-0.1, -0.05) is 11.6 Å². The highest BCUT2D eigenvalue weighted by Gasteiger charge is 2.23. The molecule has 0 atom stereocenters. The molecule has 16 heavy (non-hydrogen) atoms. The molecule has 1 aliphatic heterocycles. The van der Waals surface area contributed by atoms with E-state index >= 15 is 0 Å². The third kappa shape index (κ3) is 2.44. The zero-order valence-electron chi connectivity index (χ0n) is 8.85. The van der Waals surface area contributed by atoms with Gasteiger partial charge in [0.15, 0.2) is 15.7 Å². The van der Waals surface area contributed by atoms with Crippen molar-refractivity contribution in [3.63, 3.8) is 0 Å². The minimum Gasteiger partial charge on any atom is -0.353 e. The van der Waals surface area contributed by atoms with E-state index in [1.807, 2.05) is 4.90 Å². The molecule has 88 valence electrons. The van der Waals surface area contributed by atoms with E-state index in [0.717, 1.165) is 0 Å². The molecule has 0 N–H and O–H groups in total. The third-order valence-electron chi connectivity index (χ3n) is 2.49. The maximum absolute atomic E-state index is 11.3. The average Bonchev–Trinajstić information content (AvgIpc) is 2.22. The minimum atomic E-state index is -2.87. The van der Waals surface area contributed by atoms with Gasteiger partial charge in [-0.15, -0.1) is 0 Å². The highest BCUT2D eigenvalue weighted by atomic mass is 35.5. The molecule has 0 aromatic carbocycles. The second kappa shape index (κ2) is 4.18. The molecule has 0 spiro atoms. The first-order chi connectivity index (χ1) is 7.48. The highest BCUT2D eigenvalue weighted by molar-refractivity contribution is 7.91. The van der Waals surface area contributed by atoms with Gasteiger partial charge in [0.25, 0.3) is 0 Å². The maximum atomic E-state index is 11.3. The van der Waals surface area contributed by atoms with Gasteiger partial charge in [0.2, 0.25) is 0 Å². The van der Waals surface area contributed by atoms with E-state index in [2.05, 4.69) is 9.97 Å². The maximum Gasteiger partial charge on any atom is 0.153 e. The first-order valence-electron chi connectivity index (χ1n) is 4.92. The molecule has 1 aliphatic rings. The summed E-state index contributed by atoms with van der Waals surface area (Å²) in [5.74, 6) is 1.58. The summed E-state index contributed by atoms with van der Waals surface area (Å²) in [5.41, 5.74) is 0. The van der Waals surface area contributed by atoms with Crippen molar-refractivity contribution in [1.82, 2.24) is 9.97 Å². The summed E-state index contributed by atoms with van der Waals surface area (Å²) in [4.78, 5) is 10.1. The van der Waals surface area contributed by atoms with E-state index in [1.54, 1.807) is 13.1 Å². The van der Waals surface area contributed by atoms with Crippen LogP contribution in [0, 0.1) is 6.92 Å². The van der Waals surface area contributed by atoms with E-state index in [0.29, 0.717) is 29.8 Å². The van der Waals surface area contributed by atoms with E-state index in [-0.39, 0.29) is 11.5 Å². The predicted molar refractivity (Wildman–Crippen MR) is 62.6 cm³/mol. The molecule has 1 saturated heterocycles. The molecule has 0 amide bonds. The van der Waals surface area contributed by atoms with Crippen molar-refractivity contribution in [3.8, 4) is 0 Å². The van der Waals surface area contributed by atoms with E-state index in [4.69, 9.17) is 11.6 Å². The quantitative estimate of drug-likeness (QED) is 0.744. The molecule has 7 heteroatoms. The fourth-order valence-electron chi connectivity index (χ4n) is 1.59. The van der Waals surface area contributed by atoms with Crippen LogP contribution in [0.2, 0.25) is 5.02 Å². The van der Waals surface area contributed by atoms with Gasteiger partial charge in [-0.2, -0.15) is 0 Å².